The first-order valence-corrected chi connectivity index (χ1v) is 12.9. The van der Waals surface area contributed by atoms with Crippen molar-refractivity contribution in [3.63, 3.8) is 0 Å². The van der Waals surface area contributed by atoms with Crippen molar-refractivity contribution in [3.8, 4) is 0 Å². The van der Waals surface area contributed by atoms with Gasteiger partial charge in [-0.25, -0.2) is 4.68 Å². The van der Waals surface area contributed by atoms with Crippen LogP contribution in [0.3, 0.4) is 0 Å². The molecule has 32 heavy (non-hydrogen) atoms. The number of hydrogen-bond acceptors (Lipinski definition) is 5. The van der Waals surface area contributed by atoms with Gasteiger partial charge in [-0.15, -0.1) is 11.3 Å². The summed E-state index contributed by atoms with van der Waals surface area (Å²) in [5.41, 5.74) is 0.387. The predicted octanol–water partition coefficient (Wildman–Crippen LogP) is 3.60. The number of piperidine rings is 1. The highest BCUT2D eigenvalue weighted by molar-refractivity contribution is 7.16. The summed E-state index contributed by atoms with van der Waals surface area (Å²) in [5, 5.41) is 10.9. The van der Waals surface area contributed by atoms with Gasteiger partial charge in [-0.3, -0.25) is 14.0 Å². The zero-order chi connectivity index (χ0) is 22.2. The Morgan fingerprint density at radius 1 is 1.25 bits per heavy atom. The fourth-order valence-electron chi connectivity index (χ4n) is 5.44. The van der Waals surface area contributed by atoms with Crippen molar-refractivity contribution in [2.75, 3.05) is 19.6 Å². The Morgan fingerprint density at radius 3 is 2.84 bits per heavy atom. The number of nitrogens with one attached hydrogen (secondary N) is 1. The molecule has 1 aliphatic heterocycles. The molecular formula is C24H33N5O2S. The molecule has 1 saturated heterocycles. The first-order chi connectivity index (χ1) is 15.5. The third-order valence-electron chi connectivity index (χ3n) is 6.99. The van der Waals surface area contributed by atoms with E-state index in [1.807, 2.05) is 21.9 Å². The van der Waals surface area contributed by atoms with E-state index >= 15 is 0 Å². The maximum absolute atomic E-state index is 13.1. The van der Waals surface area contributed by atoms with Crippen LogP contribution in [-0.2, 0) is 11.3 Å². The molecule has 2 aliphatic rings. The van der Waals surface area contributed by atoms with Gasteiger partial charge in [0.1, 0.15) is 22.7 Å². The first-order valence-electron chi connectivity index (χ1n) is 12.0. The Balaban J connectivity index is 1.31. The molecule has 0 aromatic carbocycles. The lowest BCUT2D eigenvalue weighted by atomic mass is 10.0. The van der Waals surface area contributed by atoms with Gasteiger partial charge < -0.3 is 10.2 Å². The monoisotopic (exact) mass is 455 g/mol. The molecule has 172 valence electrons. The molecule has 5 rings (SSSR count). The average Bonchev–Trinajstić information content (AvgIpc) is 3.48. The van der Waals surface area contributed by atoms with Crippen LogP contribution < -0.4 is 10.9 Å². The molecule has 1 atom stereocenters. The highest BCUT2D eigenvalue weighted by Gasteiger charge is 2.25. The zero-order valence-electron chi connectivity index (χ0n) is 19.0. The molecule has 1 amide bonds. The highest BCUT2D eigenvalue weighted by atomic mass is 32.1. The van der Waals surface area contributed by atoms with Crippen LogP contribution in [0.1, 0.15) is 64.1 Å². The number of thiophene rings is 1. The van der Waals surface area contributed by atoms with Crippen molar-refractivity contribution < 1.29 is 4.79 Å². The van der Waals surface area contributed by atoms with Gasteiger partial charge in [0.25, 0.3) is 5.56 Å². The number of likely N-dealkylation sites (tertiary alicyclic amines) is 1. The topological polar surface area (TPSA) is 71.6 Å². The molecule has 0 radical (unpaired) electrons. The van der Waals surface area contributed by atoms with E-state index in [2.05, 4.69) is 29.2 Å². The van der Waals surface area contributed by atoms with Crippen LogP contribution in [0.2, 0.25) is 0 Å². The molecule has 2 fully saturated rings. The summed E-state index contributed by atoms with van der Waals surface area (Å²) in [5.74, 6) is 1.64. The molecule has 3 aromatic rings. The zero-order valence-corrected chi connectivity index (χ0v) is 19.9. The molecule has 8 heteroatoms. The van der Waals surface area contributed by atoms with Crippen molar-refractivity contribution in [1.29, 1.82) is 0 Å². The number of nitrogens with zero attached hydrogens (tertiary/aromatic N) is 4. The van der Waals surface area contributed by atoms with Crippen molar-refractivity contribution in [2.45, 2.75) is 70.9 Å². The van der Waals surface area contributed by atoms with Crippen LogP contribution >= 0.6 is 11.3 Å². The Kier molecular flexibility index (Phi) is 6.07. The molecular weight excluding hydrogens is 422 g/mol. The van der Waals surface area contributed by atoms with Gasteiger partial charge in [0.15, 0.2) is 0 Å². The van der Waals surface area contributed by atoms with E-state index in [9.17, 15) is 9.59 Å². The highest BCUT2D eigenvalue weighted by Crippen LogP contribution is 2.27. The molecule has 0 spiro atoms. The van der Waals surface area contributed by atoms with E-state index in [4.69, 9.17) is 0 Å². The minimum Gasteiger partial charge on any atom is -0.350 e. The van der Waals surface area contributed by atoms with E-state index in [1.165, 1.54) is 30.4 Å². The standard InChI is InChI=1S/C24H33N5O2S/c1-16(2)22-26-28(23(31)20-12-18-9-11-32-24(18)29(20)22)15-21(30)25-19-8-5-10-27(14-19)13-17-6-3-4-7-17/h9,11-12,16-17,19H,3-8,10,13-15H2,1-2H3,(H,25,30)/t19-/m1/s1. The smallest absolute Gasteiger partial charge is 0.291 e. The second kappa shape index (κ2) is 8.98. The Bertz CT molecular complexity index is 1170. The Hall–Kier alpha value is -2.19. The summed E-state index contributed by atoms with van der Waals surface area (Å²) in [6.45, 7) is 7.30. The lowest BCUT2D eigenvalue weighted by Crippen LogP contribution is -2.49. The quantitative estimate of drug-likeness (QED) is 0.616. The first kappa shape index (κ1) is 21.6. The number of amides is 1. The molecule has 0 unspecified atom stereocenters. The number of fused-ring (bicyclic) bond motifs is 3. The summed E-state index contributed by atoms with van der Waals surface area (Å²) in [6, 6.07) is 4.09. The van der Waals surface area contributed by atoms with Crippen LogP contribution in [0.5, 0.6) is 0 Å². The van der Waals surface area contributed by atoms with Crippen LogP contribution in [-0.4, -0.2) is 50.7 Å². The minimum absolute atomic E-state index is 0.0347. The van der Waals surface area contributed by atoms with E-state index < -0.39 is 0 Å². The van der Waals surface area contributed by atoms with Crippen molar-refractivity contribution >= 4 is 33.0 Å². The molecule has 7 nitrogen and oxygen atoms in total. The van der Waals surface area contributed by atoms with Crippen molar-refractivity contribution in [3.05, 3.63) is 33.7 Å². The van der Waals surface area contributed by atoms with Crippen molar-refractivity contribution in [2.24, 2.45) is 5.92 Å². The van der Waals surface area contributed by atoms with Gasteiger partial charge in [-0.1, -0.05) is 26.7 Å². The maximum Gasteiger partial charge on any atom is 0.291 e. The minimum atomic E-state index is -0.209. The van der Waals surface area contributed by atoms with E-state index in [0.29, 0.717) is 5.52 Å². The summed E-state index contributed by atoms with van der Waals surface area (Å²) in [6.07, 6.45) is 7.53. The number of aromatic nitrogens is 3. The van der Waals surface area contributed by atoms with Crippen molar-refractivity contribution in [1.82, 2.24) is 24.4 Å². The molecule has 1 aliphatic carbocycles. The summed E-state index contributed by atoms with van der Waals surface area (Å²) in [7, 11) is 0. The molecule has 0 bridgehead atoms. The largest absolute Gasteiger partial charge is 0.350 e. The summed E-state index contributed by atoms with van der Waals surface area (Å²) in [4.78, 5) is 29.6. The van der Waals surface area contributed by atoms with E-state index in [-0.39, 0.29) is 30.0 Å². The second-order valence-electron chi connectivity index (χ2n) is 9.84. The summed E-state index contributed by atoms with van der Waals surface area (Å²) < 4.78 is 3.31. The van der Waals surface area contributed by atoms with E-state index in [1.54, 1.807) is 11.3 Å². The fourth-order valence-corrected chi connectivity index (χ4v) is 6.35. The maximum atomic E-state index is 13.1. The van der Waals surface area contributed by atoms with Crippen LogP contribution in [0, 0.1) is 5.92 Å². The van der Waals surface area contributed by atoms with Gasteiger partial charge in [0, 0.05) is 30.4 Å². The molecule has 1 saturated carbocycles. The number of carbonyl (C=O) groups excluding carboxylic acids is 1. The number of rotatable bonds is 6. The van der Waals surface area contributed by atoms with Gasteiger partial charge in [0.05, 0.1) is 0 Å². The number of hydrogen-bond donors (Lipinski definition) is 1. The molecule has 1 N–H and O–H groups in total. The second-order valence-corrected chi connectivity index (χ2v) is 10.7. The fraction of sp³-hybridized carbons (Fsp3) is 0.625. The third kappa shape index (κ3) is 4.22. The van der Waals surface area contributed by atoms with E-state index in [0.717, 1.165) is 54.4 Å². The van der Waals surface area contributed by atoms with Gasteiger partial charge >= 0.3 is 0 Å². The van der Waals surface area contributed by atoms with Crippen LogP contribution in [0.4, 0.5) is 0 Å². The van der Waals surface area contributed by atoms with Gasteiger partial charge in [0.2, 0.25) is 5.91 Å². The Morgan fingerprint density at radius 2 is 2.06 bits per heavy atom. The average molecular weight is 456 g/mol. The Labute approximate surface area is 192 Å². The lowest BCUT2D eigenvalue weighted by molar-refractivity contribution is -0.123. The molecule has 3 aromatic heterocycles. The predicted molar refractivity (Wildman–Crippen MR) is 128 cm³/mol. The normalized spacial score (nSPS) is 20.7. The molecule has 4 heterocycles. The van der Waals surface area contributed by atoms with Gasteiger partial charge in [-0.2, -0.15) is 5.10 Å². The summed E-state index contributed by atoms with van der Waals surface area (Å²) >= 11 is 1.61. The number of carbonyl (C=O) groups is 1. The van der Waals surface area contributed by atoms with Crippen LogP contribution in [0.25, 0.3) is 15.7 Å². The lowest BCUT2D eigenvalue weighted by Gasteiger charge is -2.34. The van der Waals surface area contributed by atoms with Crippen LogP contribution in [0.15, 0.2) is 22.3 Å². The van der Waals surface area contributed by atoms with Gasteiger partial charge in [-0.05, 0) is 55.7 Å². The third-order valence-corrected chi connectivity index (χ3v) is 7.90. The SMILES string of the molecule is CC(C)c1nn(CC(=O)N[C@@H]2CCCN(CC3CCCC3)C2)c(=O)c2cc3ccsc3n12.